The number of carbonyl (C=O) groups excluding carboxylic acids is 2. The van der Waals surface area contributed by atoms with E-state index < -0.39 is 23.7 Å². The first kappa shape index (κ1) is 25.9. The molecule has 12 heteroatoms. The quantitative estimate of drug-likeness (QED) is 0.499. The Kier molecular flexibility index (Phi) is 7.85. The second-order valence-electron chi connectivity index (χ2n) is 8.21. The van der Waals surface area contributed by atoms with Gasteiger partial charge in [-0.25, -0.2) is 9.18 Å². The molecule has 8 nitrogen and oxygen atoms in total. The molecule has 0 spiro atoms. The number of aromatic nitrogens is 2. The molecule has 0 saturated carbocycles. The fourth-order valence-corrected chi connectivity index (χ4v) is 3.89. The molecule has 37 heavy (non-hydrogen) atoms. The first-order valence-electron chi connectivity index (χ1n) is 11.5. The molecular weight excluding hydrogens is 494 g/mol. The average Bonchev–Trinajstić information content (AvgIpc) is 2.89. The molecule has 1 aromatic heterocycles. The maximum Gasteiger partial charge on any atom is 0.417 e. The number of benzene rings is 2. The summed E-state index contributed by atoms with van der Waals surface area (Å²) in [5, 5.41) is 10.4. The number of carbonyl (C=O) groups is 2. The lowest BCUT2D eigenvalue weighted by atomic mass is 10.1. The highest BCUT2D eigenvalue weighted by atomic mass is 19.4. The van der Waals surface area contributed by atoms with Crippen LogP contribution in [0.3, 0.4) is 0 Å². The van der Waals surface area contributed by atoms with Crippen molar-refractivity contribution in [3.8, 4) is 5.88 Å². The zero-order chi connectivity index (χ0) is 26.4. The van der Waals surface area contributed by atoms with E-state index in [2.05, 4.69) is 15.5 Å². The molecule has 4 rings (SSSR count). The van der Waals surface area contributed by atoms with Crippen molar-refractivity contribution in [2.45, 2.75) is 12.6 Å². The highest BCUT2D eigenvalue weighted by Gasteiger charge is 2.36. The number of hydrogen-bond acceptors (Lipinski definition) is 6. The fourth-order valence-electron chi connectivity index (χ4n) is 3.89. The largest absolute Gasteiger partial charge is 0.417 e. The van der Waals surface area contributed by atoms with E-state index in [1.807, 2.05) is 4.90 Å². The van der Waals surface area contributed by atoms with Crippen LogP contribution < -0.4 is 15.0 Å². The SMILES string of the molecule is O=C(NCCc1ccccc1F)Oc1ccc(N2CCN(C(=O)c3ccccc3C(F)(F)F)CC2)nn1. The number of halogens is 4. The van der Waals surface area contributed by atoms with Crippen LogP contribution in [0.5, 0.6) is 5.88 Å². The van der Waals surface area contributed by atoms with E-state index in [0.29, 0.717) is 30.9 Å². The molecule has 1 N–H and O–H groups in total. The summed E-state index contributed by atoms with van der Waals surface area (Å²) >= 11 is 0. The maximum atomic E-state index is 13.6. The Labute approximate surface area is 209 Å². The van der Waals surface area contributed by atoms with Crippen molar-refractivity contribution < 1.29 is 31.9 Å². The second kappa shape index (κ2) is 11.2. The summed E-state index contributed by atoms with van der Waals surface area (Å²) in [6, 6.07) is 14.0. The molecule has 0 unspecified atom stereocenters. The van der Waals surface area contributed by atoms with Gasteiger partial charge in [0.25, 0.3) is 5.91 Å². The van der Waals surface area contributed by atoms with Crippen molar-refractivity contribution in [3.05, 3.63) is 83.2 Å². The highest BCUT2D eigenvalue weighted by molar-refractivity contribution is 5.96. The van der Waals surface area contributed by atoms with Gasteiger partial charge in [0.05, 0.1) is 11.1 Å². The molecule has 1 aliphatic rings. The van der Waals surface area contributed by atoms with E-state index in [1.165, 1.54) is 35.2 Å². The molecule has 194 valence electrons. The minimum absolute atomic E-state index is 0.0373. The zero-order valence-electron chi connectivity index (χ0n) is 19.5. The summed E-state index contributed by atoms with van der Waals surface area (Å²) in [4.78, 5) is 27.9. The number of anilines is 1. The lowest BCUT2D eigenvalue weighted by Gasteiger charge is -2.35. The highest BCUT2D eigenvalue weighted by Crippen LogP contribution is 2.32. The van der Waals surface area contributed by atoms with Gasteiger partial charge in [-0.2, -0.15) is 13.2 Å². The summed E-state index contributed by atoms with van der Waals surface area (Å²) in [5.41, 5.74) is -0.865. The lowest BCUT2D eigenvalue weighted by molar-refractivity contribution is -0.138. The van der Waals surface area contributed by atoms with Gasteiger partial charge in [-0.15, -0.1) is 10.2 Å². The number of amides is 2. The Morgan fingerprint density at radius 1 is 0.919 bits per heavy atom. The van der Waals surface area contributed by atoms with Crippen molar-refractivity contribution in [3.63, 3.8) is 0 Å². The minimum atomic E-state index is -4.62. The number of nitrogens with zero attached hydrogens (tertiary/aromatic N) is 4. The van der Waals surface area contributed by atoms with Crippen LogP contribution in [0.2, 0.25) is 0 Å². The van der Waals surface area contributed by atoms with Gasteiger partial charge in [-0.05, 0) is 36.2 Å². The zero-order valence-corrected chi connectivity index (χ0v) is 19.5. The molecule has 2 amide bonds. The summed E-state index contributed by atoms with van der Waals surface area (Å²) in [6.07, 6.45) is -5.09. The number of ether oxygens (including phenoxy) is 1. The second-order valence-corrected chi connectivity index (χ2v) is 8.21. The Bertz CT molecular complexity index is 1250. The Hall–Kier alpha value is -4.22. The molecular formula is C25H23F4N5O3. The molecule has 1 saturated heterocycles. The van der Waals surface area contributed by atoms with E-state index in [-0.39, 0.29) is 36.9 Å². The van der Waals surface area contributed by atoms with Crippen molar-refractivity contribution in [1.29, 1.82) is 0 Å². The number of nitrogens with one attached hydrogen (secondary N) is 1. The van der Waals surface area contributed by atoms with Crippen LogP contribution in [0.15, 0.2) is 60.7 Å². The van der Waals surface area contributed by atoms with Crippen LogP contribution in [0, 0.1) is 5.82 Å². The molecule has 0 aliphatic carbocycles. The van der Waals surface area contributed by atoms with Crippen LogP contribution in [-0.4, -0.2) is 59.8 Å². The first-order valence-corrected chi connectivity index (χ1v) is 11.5. The van der Waals surface area contributed by atoms with Crippen molar-refractivity contribution in [2.75, 3.05) is 37.6 Å². The smallest absolute Gasteiger partial charge is 0.390 e. The van der Waals surface area contributed by atoms with Gasteiger partial charge in [0.2, 0.25) is 5.88 Å². The van der Waals surface area contributed by atoms with Crippen LogP contribution >= 0.6 is 0 Å². The third kappa shape index (κ3) is 6.51. The van der Waals surface area contributed by atoms with Crippen molar-refractivity contribution in [2.24, 2.45) is 0 Å². The molecule has 0 radical (unpaired) electrons. The summed E-state index contributed by atoms with van der Waals surface area (Å²) in [5.74, 6) is -0.598. The predicted molar refractivity (Wildman–Crippen MR) is 126 cm³/mol. The van der Waals surface area contributed by atoms with Crippen LogP contribution in [-0.2, 0) is 12.6 Å². The molecule has 2 heterocycles. The lowest BCUT2D eigenvalue weighted by Crippen LogP contribution is -2.49. The van der Waals surface area contributed by atoms with Gasteiger partial charge >= 0.3 is 12.3 Å². The number of alkyl halides is 3. The van der Waals surface area contributed by atoms with Gasteiger partial charge in [-0.1, -0.05) is 30.3 Å². The van der Waals surface area contributed by atoms with E-state index in [9.17, 15) is 27.2 Å². The number of piperazine rings is 1. The predicted octanol–water partition coefficient (Wildman–Crippen LogP) is 3.93. The van der Waals surface area contributed by atoms with Crippen molar-refractivity contribution in [1.82, 2.24) is 20.4 Å². The standard InChI is InChI=1S/C25H23F4N5O3/c26-20-8-4-1-5-17(20)11-12-30-24(36)37-22-10-9-21(31-32-22)33-13-15-34(16-14-33)23(35)18-6-2-3-7-19(18)25(27,28)29/h1-10H,11-16H2,(H,30,36). The Balaban J connectivity index is 1.26. The van der Waals surface area contributed by atoms with Gasteiger partial charge in [-0.3, -0.25) is 4.79 Å². The summed E-state index contributed by atoms with van der Waals surface area (Å²) in [6.45, 7) is 1.25. The molecule has 2 aromatic carbocycles. The van der Waals surface area contributed by atoms with Gasteiger partial charge in [0.15, 0.2) is 5.82 Å². The summed E-state index contributed by atoms with van der Waals surface area (Å²) < 4.78 is 58.5. The maximum absolute atomic E-state index is 13.6. The Morgan fingerprint density at radius 3 is 2.30 bits per heavy atom. The monoisotopic (exact) mass is 517 g/mol. The van der Waals surface area contributed by atoms with Gasteiger partial charge in [0, 0.05) is 38.8 Å². The third-order valence-electron chi connectivity index (χ3n) is 5.80. The molecule has 1 aliphatic heterocycles. The first-order chi connectivity index (χ1) is 17.7. The van der Waals surface area contributed by atoms with Crippen molar-refractivity contribution >= 4 is 17.8 Å². The minimum Gasteiger partial charge on any atom is -0.390 e. The number of hydrogen-bond donors (Lipinski definition) is 1. The van der Waals surface area contributed by atoms with Crippen LogP contribution in [0.4, 0.5) is 28.2 Å². The fraction of sp³-hybridized carbons (Fsp3) is 0.280. The van der Waals surface area contributed by atoms with E-state index in [4.69, 9.17) is 4.74 Å². The molecule has 1 fully saturated rings. The summed E-state index contributed by atoms with van der Waals surface area (Å²) in [7, 11) is 0. The van der Waals surface area contributed by atoms with Crippen LogP contribution in [0.1, 0.15) is 21.5 Å². The van der Waals surface area contributed by atoms with Gasteiger partial charge in [0.1, 0.15) is 5.82 Å². The third-order valence-corrected chi connectivity index (χ3v) is 5.80. The normalized spacial score (nSPS) is 13.8. The van der Waals surface area contributed by atoms with E-state index in [1.54, 1.807) is 24.3 Å². The number of rotatable bonds is 6. The molecule has 0 atom stereocenters. The molecule has 3 aromatic rings. The van der Waals surface area contributed by atoms with E-state index >= 15 is 0 Å². The van der Waals surface area contributed by atoms with Gasteiger partial charge < -0.3 is 19.9 Å². The average molecular weight is 517 g/mol. The Morgan fingerprint density at radius 2 is 1.62 bits per heavy atom. The van der Waals surface area contributed by atoms with Crippen LogP contribution in [0.25, 0.3) is 0 Å². The molecule has 0 bridgehead atoms. The van der Waals surface area contributed by atoms with E-state index in [0.717, 1.165) is 6.07 Å². The topological polar surface area (TPSA) is 87.7 Å².